The first-order valence-corrected chi connectivity index (χ1v) is 5.87. The molecule has 0 saturated carbocycles. The lowest BCUT2D eigenvalue weighted by atomic mass is 10.1. The molecule has 1 aromatic rings. The van der Waals surface area contributed by atoms with E-state index in [1.54, 1.807) is 26.8 Å². The van der Waals surface area contributed by atoms with Crippen LogP contribution in [0, 0.1) is 23.0 Å². The molecule has 0 spiro atoms. The van der Waals surface area contributed by atoms with Crippen molar-refractivity contribution in [2.24, 2.45) is 5.92 Å². The smallest absolute Gasteiger partial charge is 0.274 e. The Bertz CT molecular complexity index is 472. The first-order valence-electron chi connectivity index (χ1n) is 5.08. The number of halogens is 1. The second-order valence-electron chi connectivity index (χ2n) is 4.02. The summed E-state index contributed by atoms with van der Waals surface area (Å²) in [5, 5.41) is 13.4. The normalized spacial score (nSPS) is 10.4. The molecule has 6 heteroatoms. The Hall–Kier alpha value is -1.43. The number of carbonyl (C=O) groups is 1. The number of nitro benzene ring substituents is 1. The number of benzene rings is 1. The van der Waals surface area contributed by atoms with Gasteiger partial charge in [0, 0.05) is 22.0 Å². The Morgan fingerprint density at radius 2 is 2.06 bits per heavy atom. The molecule has 92 valence electrons. The van der Waals surface area contributed by atoms with Gasteiger partial charge in [0.1, 0.15) is 0 Å². The van der Waals surface area contributed by atoms with Crippen LogP contribution in [0.25, 0.3) is 0 Å². The monoisotopic (exact) mass is 300 g/mol. The van der Waals surface area contributed by atoms with Gasteiger partial charge in [-0.3, -0.25) is 14.9 Å². The van der Waals surface area contributed by atoms with E-state index < -0.39 is 4.92 Å². The summed E-state index contributed by atoms with van der Waals surface area (Å²) in [7, 11) is 0. The van der Waals surface area contributed by atoms with Crippen molar-refractivity contribution in [2.75, 3.05) is 5.32 Å². The van der Waals surface area contributed by atoms with E-state index in [4.69, 9.17) is 0 Å². The van der Waals surface area contributed by atoms with Gasteiger partial charge in [-0.25, -0.2) is 0 Å². The fraction of sp³-hybridized carbons (Fsp3) is 0.364. The molecule has 1 aromatic carbocycles. The van der Waals surface area contributed by atoms with Gasteiger partial charge in [0.25, 0.3) is 5.69 Å². The van der Waals surface area contributed by atoms with E-state index in [9.17, 15) is 14.9 Å². The van der Waals surface area contributed by atoms with Crippen LogP contribution in [-0.2, 0) is 4.79 Å². The minimum atomic E-state index is -0.465. The Kier molecular flexibility index (Phi) is 4.22. The van der Waals surface area contributed by atoms with Crippen molar-refractivity contribution in [2.45, 2.75) is 20.8 Å². The average Bonchev–Trinajstić information content (AvgIpc) is 2.21. The number of carbonyl (C=O) groups excluding carboxylic acids is 1. The van der Waals surface area contributed by atoms with Gasteiger partial charge in [-0.1, -0.05) is 13.8 Å². The lowest BCUT2D eigenvalue weighted by molar-refractivity contribution is -0.385. The largest absolute Gasteiger partial charge is 0.325 e. The van der Waals surface area contributed by atoms with Gasteiger partial charge in [0.05, 0.1) is 10.6 Å². The molecule has 0 aromatic heterocycles. The minimum Gasteiger partial charge on any atom is -0.325 e. The third-order valence-corrected chi connectivity index (χ3v) is 2.92. The highest BCUT2D eigenvalue weighted by Gasteiger charge is 2.16. The van der Waals surface area contributed by atoms with Crippen LogP contribution in [0.3, 0.4) is 0 Å². The van der Waals surface area contributed by atoms with Gasteiger partial charge in [-0.15, -0.1) is 0 Å². The highest BCUT2D eigenvalue weighted by Crippen LogP contribution is 2.30. The van der Waals surface area contributed by atoms with Gasteiger partial charge >= 0.3 is 0 Å². The molecule has 1 rings (SSSR count). The molecule has 0 radical (unpaired) electrons. The van der Waals surface area contributed by atoms with Crippen LogP contribution in [0.1, 0.15) is 19.4 Å². The second-order valence-corrected chi connectivity index (χ2v) is 4.87. The lowest BCUT2D eigenvalue weighted by Gasteiger charge is -2.10. The first kappa shape index (κ1) is 13.6. The second kappa shape index (κ2) is 5.27. The zero-order valence-electron chi connectivity index (χ0n) is 9.78. The SMILES string of the molecule is Cc1cc(Br)c(NC(=O)C(C)C)cc1[N+](=O)[O-]. The third-order valence-electron chi connectivity index (χ3n) is 2.26. The minimum absolute atomic E-state index is 0.00717. The number of hydrogen-bond donors (Lipinski definition) is 1. The Labute approximate surface area is 107 Å². The molecule has 0 aliphatic carbocycles. The number of nitrogens with one attached hydrogen (secondary N) is 1. The number of hydrogen-bond acceptors (Lipinski definition) is 3. The molecule has 0 aliphatic heterocycles. The maximum Gasteiger partial charge on any atom is 0.274 e. The molecule has 5 nitrogen and oxygen atoms in total. The summed E-state index contributed by atoms with van der Waals surface area (Å²) in [6.45, 7) is 5.16. The van der Waals surface area contributed by atoms with E-state index in [2.05, 4.69) is 21.2 Å². The summed E-state index contributed by atoms with van der Waals surface area (Å²) < 4.78 is 0.634. The fourth-order valence-corrected chi connectivity index (χ4v) is 1.79. The lowest BCUT2D eigenvalue weighted by Crippen LogP contribution is -2.18. The van der Waals surface area contributed by atoms with E-state index in [1.165, 1.54) is 6.07 Å². The maximum atomic E-state index is 11.5. The quantitative estimate of drug-likeness (QED) is 0.688. The van der Waals surface area contributed by atoms with Gasteiger partial charge in [0.15, 0.2) is 0 Å². The van der Waals surface area contributed by atoms with Crippen LogP contribution < -0.4 is 5.32 Å². The van der Waals surface area contributed by atoms with Crippen molar-refractivity contribution in [3.05, 3.63) is 32.3 Å². The number of nitrogens with zero attached hydrogens (tertiary/aromatic N) is 1. The predicted octanol–water partition coefficient (Wildman–Crippen LogP) is 3.26. The van der Waals surface area contributed by atoms with Crippen LogP contribution in [-0.4, -0.2) is 10.8 Å². The van der Waals surface area contributed by atoms with Crippen molar-refractivity contribution in [1.82, 2.24) is 0 Å². The molecular weight excluding hydrogens is 288 g/mol. The first-order chi connectivity index (χ1) is 7.82. The van der Waals surface area contributed by atoms with E-state index in [-0.39, 0.29) is 17.5 Å². The standard InChI is InChI=1S/C11H13BrN2O3/c1-6(2)11(15)13-9-5-10(14(16)17)7(3)4-8(9)12/h4-6H,1-3H3,(H,13,15). The third kappa shape index (κ3) is 3.26. The Morgan fingerprint density at radius 3 is 2.53 bits per heavy atom. The van der Waals surface area contributed by atoms with Crippen molar-refractivity contribution < 1.29 is 9.72 Å². The molecule has 1 amide bonds. The summed E-state index contributed by atoms with van der Waals surface area (Å²) in [6.07, 6.45) is 0. The number of rotatable bonds is 3. The fourth-order valence-electron chi connectivity index (χ4n) is 1.23. The molecule has 1 N–H and O–H groups in total. The molecule has 0 fully saturated rings. The summed E-state index contributed by atoms with van der Waals surface area (Å²) in [4.78, 5) is 21.8. The summed E-state index contributed by atoms with van der Waals surface area (Å²) >= 11 is 3.27. The molecule has 0 atom stereocenters. The number of nitro groups is 1. The maximum absolute atomic E-state index is 11.5. The Morgan fingerprint density at radius 1 is 1.47 bits per heavy atom. The number of aryl methyl sites for hydroxylation is 1. The van der Waals surface area contributed by atoms with Gasteiger partial charge in [0.2, 0.25) is 5.91 Å². The summed E-state index contributed by atoms with van der Waals surface area (Å²) in [5.74, 6) is -0.355. The van der Waals surface area contributed by atoms with Crippen LogP contribution in [0.4, 0.5) is 11.4 Å². The van der Waals surface area contributed by atoms with E-state index in [0.29, 0.717) is 15.7 Å². The van der Waals surface area contributed by atoms with Crippen LogP contribution in [0.15, 0.2) is 16.6 Å². The number of anilines is 1. The molecule has 17 heavy (non-hydrogen) atoms. The van der Waals surface area contributed by atoms with Crippen LogP contribution >= 0.6 is 15.9 Å². The van der Waals surface area contributed by atoms with E-state index in [0.717, 1.165) is 0 Å². The molecule has 0 bridgehead atoms. The van der Waals surface area contributed by atoms with Crippen molar-refractivity contribution in [3.63, 3.8) is 0 Å². The molecule has 0 aliphatic rings. The zero-order chi connectivity index (χ0) is 13.2. The molecule has 0 saturated heterocycles. The van der Waals surface area contributed by atoms with Crippen LogP contribution in [0.5, 0.6) is 0 Å². The highest BCUT2D eigenvalue weighted by atomic mass is 79.9. The zero-order valence-corrected chi connectivity index (χ0v) is 11.4. The summed E-state index contributed by atoms with van der Waals surface area (Å²) in [6, 6.07) is 2.98. The summed E-state index contributed by atoms with van der Waals surface area (Å²) in [5.41, 5.74) is 0.956. The molecule has 0 unspecified atom stereocenters. The molecular formula is C11H13BrN2O3. The van der Waals surface area contributed by atoms with Crippen molar-refractivity contribution >= 4 is 33.2 Å². The van der Waals surface area contributed by atoms with Crippen molar-refractivity contribution in [1.29, 1.82) is 0 Å². The van der Waals surface area contributed by atoms with Gasteiger partial charge in [-0.05, 0) is 28.9 Å². The van der Waals surface area contributed by atoms with Gasteiger partial charge in [-0.2, -0.15) is 0 Å². The van der Waals surface area contributed by atoms with E-state index >= 15 is 0 Å². The van der Waals surface area contributed by atoms with Crippen LogP contribution in [0.2, 0.25) is 0 Å². The van der Waals surface area contributed by atoms with Gasteiger partial charge < -0.3 is 5.32 Å². The number of amides is 1. The van der Waals surface area contributed by atoms with E-state index in [1.807, 2.05) is 0 Å². The van der Waals surface area contributed by atoms with Crippen molar-refractivity contribution in [3.8, 4) is 0 Å². The molecule has 0 heterocycles. The average molecular weight is 301 g/mol. The predicted molar refractivity (Wildman–Crippen MR) is 69.0 cm³/mol. The Balaban J connectivity index is 3.12. The topological polar surface area (TPSA) is 72.2 Å². The highest BCUT2D eigenvalue weighted by molar-refractivity contribution is 9.10.